The van der Waals surface area contributed by atoms with Crippen LogP contribution in [-0.4, -0.2) is 38.6 Å². The number of hydrogen-bond acceptors (Lipinski definition) is 7. The van der Waals surface area contributed by atoms with Gasteiger partial charge in [-0.1, -0.05) is 30.3 Å². The first-order chi connectivity index (χ1) is 13.7. The quantitative estimate of drug-likeness (QED) is 0.482. The lowest BCUT2D eigenvalue weighted by Gasteiger charge is -2.46. The third-order valence-electron chi connectivity index (χ3n) is 5.08. The van der Waals surface area contributed by atoms with Crippen molar-refractivity contribution in [1.82, 2.24) is 15.3 Å². The van der Waals surface area contributed by atoms with Crippen LogP contribution in [0, 0.1) is 10.1 Å². The van der Waals surface area contributed by atoms with Crippen molar-refractivity contribution >= 4 is 17.3 Å². The minimum Gasteiger partial charge on any atom is -0.364 e. The summed E-state index contributed by atoms with van der Waals surface area (Å²) in [6.07, 6.45) is 3.81. The Kier molecular flexibility index (Phi) is 6.02. The predicted octanol–water partition coefficient (Wildman–Crippen LogP) is 3.76. The Morgan fingerprint density at radius 3 is 2.34 bits per heavy atom. The van der Waals surface area contributed by atoms with Crippen molar-refractivity contribution in [3.63, 3.8) is 0 Å². The molecule has 0 spiro atoms. The molecule has 1 aliphatic heterocycles. The van der Waals surface area contributed by atoms with Crippen LogP contribution in [0.5, 0.6) is 0 Å². The minimum absolute atomic E-state index is 0.0714. The normalized spacial score (nSPS) is 18.2. The summed E-state index contributed by atoms with van der Waals surface area (Å²) < 4.78 is 0. The number of aromatic nitrogens is 2. The van der Waals surface area contributed by atoms with Crippen LogP contribution in [0.25, 0.3) is 0 Å². The van der Waals surface area contributed by atoms with Gasteiger partial charge in [0.2, 0.25) is 11.6 Å². The molecule has 2 heterocycles. The lowest BCUT2D eigenvalue weighted by Crippen LogP contribution is -2.60. The van der Waals surface area contributed by atoms with Crippen LogP contribution in [0.2, 0.25) is 0 Å². The first-order valence-corrected chi connectivity index (χ1v) is 9.98. The van der Waals surface area contributed by atoms with E-state index in [2.05, 4.69) is 53.6 Å². The number of rotatable bonds is 7. The Bertz CT molecular complexity index is 838. The van der Waals surface area contributed by atoms with Crippen molar-refractivity contribution in [2.75, 3.05) is 17.2 Å². The molecule has 1 saturated heterocycles. The third-order valence-corrected chi connectivity index (χ3v) is 5.08. The Balaban J connectivity index is 1.75. The van der Waals surface area contributed by atoms with E-state index in [1.54, 1.807) is 0 Å². The van der Waals surface area contributed by atoms with E-state index in [0.29, 0.717) is 6.54 Å². The van der Waals surface area contributed by atoms with Crippen molar-refractivity contribution in [3.8, 4) is 0 Å². The van der Waals surface area contributed by atoms with Crippen LogP contribution in [0.3, 0.4) is 0 Å². The van der Waals surface area contributed by atoms with E-state index >= 15 is 0 Å². The molecule has 2 aromatic rings. The molecule has 8 nitrogen and oxygen atoms in total. The van der Waals surface area contributed by atoms with Crippen molar-refractivity contribution in [2.24, 2.45) is 0 Å². The molecule has 156 valence electrons. The molecule has 0 aliphatic carbocycles. The van der Waals surface area contributed by atoms with Crippen LogP contribution in [0.1, 0.15) is 46.1 Å². The average molecular weight is 399 g/mol. The minimum atomic E-state index is -0.412. The average Bonchev–Trinajstić information content (AvgIpc) is 2.60. The summed E-state index contributed by atoms with van der Waals surface area (Å²) in [6, 6.07) is 10.1. The van der Waals surface area contributed by atoms with E-state index in [9.17, 15) is 10.1 Å². The van der Waals surface area contributed by atoms with Crippen molar-refractivity contribution in [2.45, 2.75) is 64.1 Å². The summed E-state index contributed by atoms with van der Waals surface area (Å²) in [5, 5.41) is 21.9. The predicted molar refractivity (Wildman–Crippen MR) is 115 cm³/mol. The molecule has 8 heteroatoms. The largest absolute Gasteiger partial charge is 0.364 e. The Hall–Kier alpha value is -2.74. The van der Waals surface area contributed by atoms with Gasteiger partial charge in [-0.2, -0.15) is 0 Å². The van der Waals surface area contributed by atoms with Gasteiger partial charge in [0.05, 0.1) is 4.92 Å². The summed E-state index contributed by atoms with van der Waals surface area (Å²) in [6.45, 7) is 9.14. The summed E-state index contributed by atoms with van der Waals surface area (Å²) in [4.78, 5) is 19.7. The van der Waals surface area contributed by atoms with Crippen LogP contribution in [0.4, 0.5) is 17.3 Å². The van der Waals surface area contributed by atoms with Gasteiger partial charge >= 0.3 is 5.69 Å². The molecule has 0 bridgehead atoms. The second kappa shape index (κ2) is 8.32. The maximum atomic E-state index is 11.8. The molecular formula is C21H30N6O2. The molecule has 1 aromatic heterocycles. The molecule has 1 aromatic carbocycles. The standard InChI is InChI=1S/C21H30N6O2/c1-20(2)12-16(13-21(3,4)26-20)25-19-17(27(28)29)18(23-14-24-19)22-11-10-15-8-6-5-7-9-15/h5-9,14,16,26H,10-13H2,1-4H3,(H2,22,23,24,25). The topological polar surface area (TPSA) is 105 Å². The summed E-state index contributed by atoms with van der Waals surface area (Å²) in [5.74, 6) is 0.515. The van der Waals surface area contributed by atoms with Crippen molar-refractivity contribution in [3.05, 3.63) is 52.3 Å². The number of benzene rings is 1. The molecule has 1 fully saturated rings. The second-order valence-corrected chi connectivity index (χ2v) is 8.98. The van der Waals surface area contributed by atoms with E-state index in [1.165, 1.54) is 6.33 Å². The fraction of sp³-hybridized carbons (Fsp3) is 0.524. The first kappa shape index (κ1) is 21.0. The fourth-order valence-corrected chi connectivity index (χ4v) is 4.37. The lowest BCUT2D eigenvalue weighted by atomic mass is 9.79. The molecule has 0 amide bonds. The number of piperidine rings is 1. The van der Waals surface area contributed by atoms with Crippen molar-refractivity contribution < 1.29 is 4.92 Å². The molecule has 0 radical (unpaired) electrons. The van der Waals surface area contributed by atoms with Crippen LogP contribution in [-0.2, 0) is 6.42 Å². The van der Waals surface area contributed by atoms with Gasteiger partial charge in [-0.05, 0) is 52.5 Å². The molecule has 3 N–H and O–H groups in total. The van der Waals surface area contributed by atoms with E-state index in [4.69, 9.17) is 0 Å². The highest BCUT2D eigenvalue weighted by atomic mass is 16.6. The highest BCUT2D eigenvalue weighted by Crippen LogP contribution is 2.34. The number of nitrogens with one attached hydrogen (secondary N) is 3. The number of hydrogen-bond donors (Lipinski definition) is 3. The zero-order valence-corrected chi connectivity index (χ0v) is 17.5. The van der Waals surface area contributed by atoms with Crippen LogP contribution < -0.4 is 16.0 Å². The van der Waals surface area contributed by atoms with Gasteiger partial charge in [-0.25, -0.2) is 9.97 Å². The molecule has 0 saturated carbocycles. The van der Waals surface area contributed by atoms with Gasteiger partial charge < -0.3 is 16.0 Å². The number of anilines is 2. The highest BCUT2D eigenvalue weighted by Gasteiger charge is 2.38. The van der Waals surface area contributed by atoms with Gasteiger partial charge in [0, 0.05) is 23.7 Å². The smallest absolute Gasteiger partial charge is 0.353 e. The maximum absolute atomic E-state index is 11.8. The van der Waals surface area contributed by atoms with Gasteiger partial charge in [-0.3, -0.25) is 10.1 Å². The molecular weight excluding hydrogens is 368 g/mol. The highest BCUT2D eigenvalue weighted by molar-refractivity contribution is 5.69. The third kappa shape index (κ3) is 5.63. The van der Waals surface area contributed by atoms with Crippen molar-refractivity contribution in [1.29, 1.82) is 0 Å². The van der Waals surface area contributed by atoms with Gasteiger partial charge in [0.15, 0.2) is 0 Å². The second-order valence-electron chi connectivity index (χ2n) is 8.98. The zero-order chi connectivity index (χ0) is 21.1. The van der Waals surface area contributed by atoms with E-state index < -0.39 is 4.92 Å². The Labute approximate surface area is 171 Å². The Morgan fingerprint density at radius 1 is 1.10 bits per heavy atom. The van der Waals surface area contributed by atoms with E-state index in [-0.39, 0.29) is 34.4 Å². The van der Waals surface area contributed by atoms with Gasteiger partial charge in [-0.15, -0.1) is 0 Å². The molecule has 0 atom stereocenters. The summed E-state index contributed by atoms with van der Waals surface area (Å²) in [5.41, 5.74) is 0.916. The molecule has 29 heavy (non-hydrogen) atoms. The number of nitro groups is 1. The van der Waals surface area contributed by atoms with Crippen LogP contribution in [0.15, 0.2) is 36.7 Å². The fourth-order valence-electron chi connectivity index (χ4n) is 4.37. The number of nitrogens with zero attached hydrogens (tertiary/aromatic N) is 3. The van der Waals surface area contributed by atoms with E-state index in [1.807, 2.05) is 30.3 Å². The lowest BCUT2D eigenvalue weighted by molar-refractivity contribution is -0.383. The van der Waals surface area contributed by atoms with Gasteiger partial charge in [0.25, 0.3) is 0 Å². The molecule has 1 aliphatic rings. The monoisotopic (exact) mass is 398 g/mol. The Morgan fingerprint density at radius 2 is 1.72 bits per heavy atom. The van der Waals surface area contributed by atoms with E-state index in [0.717, 1.165) is 24.8 Å². The maximum Gasteiger partial charge on any atom is 0.353 e. The summed E-state index contributed by atoms with van der Waals surface area (Å²) >= 11 is 0. The van der Waals surface area contributed by atoms with Crippen LogP contribution >= 0.6 is 0 Å². The molecule has 3 rings (SSSR count). The zero-order valence-electron chi connectivity index (χ0n) is 17.5. The summed E-state index contributed by atoms with van der Waals surface area (Å²) in [7, 11) is 0. The van der Waals surface area contributed by atoms with Gasteiger partial charge in [0.1, 0.15) is 6.33 Å². The first-order valence-electron chi connectivity index (χ1n) is 9.98. The SMILES string of the molecule is CC1(C)CC(Nc2ncnc(NCCc3ccccc3)c2[N+](=O)[O-])CC(C)(C)N1. The molecule has 0 unspecified atom stereocenters.